The quantitative estimate of drug-likeness (QED) is 0.732. The minimum Gasteiger partial charge on any atom is -0.455 e. The zero-order valence-corrected chi connectivity index (χ0v) is 16.8. The van der Waals surface area contributed by atoms with Crippen molar-refractivity contribution in [2.75, 3.05) is 32.6 Å². The second-order valence-corrected chi connectivity index (χ2v) is 7.82. The number of hydrogen-bond acceptors (Lipinski definition) is 5. The Balaban J connectivity index is 1.45. The van der Waals surface area contributed by atoms with E-state index in [1.54, 1.807) is 43.3 Å². The maximum absolute atomic E-state index is 12.3. The Labute approximate surface area is 170 Å². The van der Waals surface area contributed by atoms with Gasteiger partial charge in [-0.2, -0.15) is 0 Å². The van der Waals surface area contributed by atoms with Crippen LogP contribution in [0.25, 0.3) is 0 Å². The van der Waals surface area contributed by atoms with Crippen molar-refractivity contribution in [1.29, 1.82) is 0 Å². The maximum atomic E-state index is 12.3. The van der Waals surface area contributed by atoms with Crippen LogP contribution in [0, 0.1) is 5.92 Å². The number of carbonyl (C=O) groups is 4. The summed E-state index contributed by atoms with van der Waals surface area (Å²) in [6.07, 6.45) is 4.38. The Hall–Kier alpha value is -2.90. The first-order valence-electron chi connectivity index (χ1n) is 9.93. The molecule has 1 aliphatic carbocycles. The first-order chi connectivity index (χ1) is 13.8. The molecule has 1 aromatic carbocycles. The smallest absolute Gasteiger partial charge is 0.311 e. The first-order valence-corrected chi connectivity index (χ1v) is 9.93. The van der Waals surface area contributed by atoms with E-state index in [0.29, 0.717) is 17.8 Å². The molecule has 1 aromatic rings. The predicted molar refractivity (Wildman–Crippen MR) is 106 cm³/mol. The SMILES string of the molecule is CN(C)C(=O)c1ccc(NC(=O)COC(=O)[C@H]2CC(=O)N(C3CCCC3)C2)cc1. The van der Waals surface area contributed by atoms with Crippen LogP contribution in [0.15, 0.2) is 24.3 Å². The topological polar surface area (TPSA) is 96.0 Å². The number of amides is 3. The van der Waals surface area contributed by atoms with Gasteiger partial charge in [-0.1, -0.05) is 12.8 Å². The number of nitrogens with one attached hydrogen (secondary N) is 1. The van der Waals surface area contributed by atoms with Crippen LogP contribution < -0.4 is 5.32 Å². The maximum Gasteiger partial charge on any atom is 0.311 e. The van der Waals surface area contributed by atoms with Gasteiger partial charge in [-0.25, -0.2) is 0 Å². The van der Waals surface area contributed by atoms with Gasteiger partial charge in [-0.3, -0.25) is 19.2 Å². The largest absolute Gasteiger partial charge is 0.455 e. The van der Waals surface area contributed by atoms with Crippen molar-refractivity contribution in [3.05, 3.63) is 29.8 Å². The van der Waals surface area contributed by atoms with Crippen LogP contribution in [-0.4, -0.2) is 66.8 Å². The van der Waals surface area contributed by atoms with E-state index >= 15 is 0 Å². The van der Waals surface area contributed by atoms with Crippen LogP contribution in [0.4, 0.5) is 5.69 Å². The monoisotopic (exact) mass is 401 g/mol. The van der Waals surface area contributed by atoms with Gasteiger partial charge >= 0.3 is 5.97 Å². The molecule has 0 spiro atoms. The summed E-state index contributed by atoms with van der Waals surface area (Å²) in [6.45, 7) is -0.0311. The fourth-order valence-corrected chi connectivity index (χ4v) is 3.86. The number of likely N-dealkylation sites (tertiary alicyclic amines) is 1. The van der Waals surface area contributed by atoms with Crippen LogP contribution in [0.5, 0.6) is 0 Å². The van der Waals surface area contributed by atoms with Gasteiger partial charge in [0, 0.05) is 44.4 Å². The Bertz CT molecular complexity index is 784. The van der Waals surface area contributed by atoms with Crippen molar-refractivity contribution in [3.8, 4) is 0 Å². The number of nitrogens with zero attached hydrogens (tertiary/aromatic N) is 2. The molecule has 2 fully saturated rings. The molecular weight excluding hydrogens is 374 g/mol. The third-order valence-corrected chi connectivity index (χ3v) is 5.42. The number of hydrogen-bond donors (Lipinski definition) is 1. The molecule has 1 heterocycles. The number of anilines is 1. The molecule has 8 heteroatoms. The van der Waals surface area contributed by atoms with E-state index in [0.717, 1.165) is 25.7 Å². The summed E-state index contributed by atoms with van der Waals surface area (Å²) in [7, 11) is 3.33. The van der Waals surface area contributed by atoms with Gasteiger partial charge in [-0.05, 0) is 37.1 Å². The molecule has 29 heavy (non-hydrogen) atoms. The van der Waals surface area contributed by atoms with Crippen LogP contribution in [0.2, 0.25) is 0 Å². The lowest BCUT2D eigenvalue weighted by Crippen LogP contribution is -2.35. The summed E-state index contributed by atoms with van der Waals surface area (Å²) in [6, 6.07) is 6.71. The highest BCUT2D eigenvalue weighted by molar-refractivity contribution is 5.96. The van der Waals surface area contributed by atoms with Crippen LogP contribution in [-0.2, 0) is 19.1 Å². The van der Waals surface area contributed by atoms with Gasteiger partial charge in [-0.15, -0.1) is 0 Å². The van der Waals surface area contributed by atoms with E-state index in [9.17, 15) is 19.2 Å². The predicted octanol–water partition coefficient (Wildman–Crippen LogP) is 1.66. The molecule has 3 rings (SSSR count). The molecule has 1 saturated heterocycles. The zero-order valence-electron chi connectivity index (χ0n) is 16.8. The Kier molecular flexibility index (Phi) is 6.51. The molecule has 0 aromatic heterocycles. The standard InChI is InChI=1S/C21H27N3O5/c1-23(2)20(27)14-7-9-16(10-8-14)22-18(25)13-29-21(28)15-11-19(26)24(12-15)17-5-3-4-6-17/h7-10,15,17H,3-6,11-13H2,1-2H3,(H,22,25)/t15-/m0/s1. The summed E-state index contributed by atoms with van der Waals surface area (Å²) >= 11 is 0. The van der Waals surface area contributed by atoms with Crippen LogP contribution in [0.1, 0.15) is 42.5 Å². The highest BCUT2D eigenvalue weighted by Gasteiger charge is 2.39. The number of esters is 1. The Morgan fingerprint density at radius 1 is 1.14 bits per heavy atom. The van der Waals surface area contributed by atoms with Crippen molar-refractivity contribution in [2.45, 2.75) is 38.1 Å². The van der Waals surface area contributed by atoms with Crippen molar-refractivity contribution in [2.24, 2.45) is 5.92 Å². The third kappa shape index (κ3) is 5.13. The molecule has 1 N–H and O–H groups in total. The van der Waals surface area contributed by atoms with Crippen molar-refractivity contribution < 1.29 is 23.9 Å². The number of ether oxygens (including phenoxy) is 1. The molecule has 0 bridgehead atoms. The fourth-order valence-electron chi connectivity index (χ4n) is 3.86. The lowest BCUT2D eigenvalue weighted by molar-refractivity contribution is -0.151. The molecule has 0 unspecified atom stereocenters. The summed E-state index contributed by atoms with van der Waals surface area (Å²) in [5.74, 6) is -1.62. The van der Waals surface area contributed by atoms with Crippen LogP contribution in [0.3, 0.4) is 0 Å². The highest BCUT2D eigenvalue weighted by Crippen LogP contribution is 2.29. The molecule has 1 aliphatic heterocycles. The molecule has 2 aliphatic rings. The summed E-state index contributed by atoms with van der Waals surface area (Å²) in [5, 5.41) is 2.63. The average molecular weight is 401 g/mol. The summed E-state index contributed by atoms with van der Waals surface area (Å²) < 4.78 is 5.12. The summed E-state index contributed by atoms with van der Waals surface area (Å²) in [5.41, 5.74) is 1.02. The number of rotatable bonds is 6. The summed E-state index contributed by atoms with van der Waals surface area (Å²) in [4.78, 5) is 51.6. The second kappa shape index (κ2) is 9.07. The van der Waals surface area contributed by atoms with E-state index < -0.39 is 24.4 Å². The van der Waals surface area contributed by atoms with Crippen LogP contribution >= 0.6 is 0 Å². The van der Waals surface area contributed by atoms with E-state index in [1.807, 2.05) is 0 Å². The third-order valence-electron chi connectivity index (χ3n) is 5.42. The van der Waals surface area contributed by atoms with Gasteiger partial charge < -0.3 is 19.9 Å². The highest BCUT2D eigenvalue weighted by atomic mass is 16.5. The van der Waals surface area contributed by atoms with Crippen molar-refractivity contribution in [1.82, 2.24) is 9.80 Å². The molecule has 1 atom stereocenters. The van der Waals surface area contributed by atoms with Crippen molar-refractivity contribution in [3.63, 3.8) is 0 Å². The van der Waals surface area contributed by atoms with E-state index in [2.05, 4.69) is 5.32 Å². The van der Waals surface area contributed by atoms with Gasteiger partial charge in [0.2, 0.25) is 5.91 Å². The van der Waals surface area contributed by atoms with Gasteiger partial charge in [0.1, 0.15) is 0 Å². The Morgan fingerprint density at radius 2 is 1.79 bits per heavy atom. The minimum atomic E-state index is -0.513. The van der Waals surface area contributed by atoms with E-state index in [4.69, 9.17) is 4.74 Å². The fraction of sp³-hybridized carbons (Fsp3) is 0.524. The Morgan fingerprint density at radius 3 is 2.41 bits per heavy atom. The normalized spacial score (nSPS) is 19.3. The number of carbonyl (C=O) groups excluding carboxylic acids is 4. The lowest BCUT2D eigenvalue weighted by Gasteiger charge is -2.23. The van der Waals surface area contributed by atoms with Gasteiger partial charge in [0.25, 0.3) is 11.8 Å². The molecular formula is C21H27N3O5. The average Bonchev–Trinajstić information content (AvgIpc) is 3.35. The first kappa shape index (κ1) is 20.8. The molecule has 1 saturated carbocycles. The molecule has 3 amide bonds. The minimum absolute atomic E-state index is 0.00402. The van der Waals surface area contributed by atoms with Gasteiger partial charge in [0.05, 0.1) is 5.92 Å². The van der Waals surface area contributed by atoms with E-state index in [1.165, 1.54) is 4.90 Å². The lowest BCUT2D eigenvalue weighted by atomic mass is 10.1. The second-order valence-electron chi connectivity index (χ2n) is 7.82. The number of benzene rings is 1. The van der Waals surface area contributed by atoms with Gasteiger partial charge in [0.15, 0.2) is 6.61 Å². The van der Waals surface area contributed by atoms with E-state index in [-0.39, 0.29) is 24.3 Å². The van der Waals surface area contributed by atoms with Crippen molar-refractivity contribution >= 4 is 29.4 Å². The zero-order chi connectivity index (χ0) is 21.0. The molecule has 8 nitrogen and oxygen atoms in total. The molecule has 156 valence electrons. The molecule has 0 radical (unpaired) electrons.